The van der Waals surface area contributed by atoms with Crippen LogP contribution in [0, 0.1) is 27.1 Å². The van der Waals surface area contributed by atoms with Gasteiger partial charge in [0, 0.05) is 16.4 Å². The summed E-state index contributed by atoms with van der Waals surface area (Å²) >= 11 is 2.05. The van der Waals surface area contributed by atoms with Crippen molar-refractivity contribution in [1.29, 1.82) is 0 Å². The van der Waals surface area contributed by atoms with Crippen molar-refractivity contribution in [1.82, 2.24) is 5.32 Å². The van der Waals surface area contributed by atoms with Gasteiger partial charge < -0.3 is 10.4 Å². The topological polar surface area (TPSA) is 66.4 Å². The summed E-state index contributed by atoms with van der Waals surface area (Å²) in [6, 6.07) is 3.44. The Morgan fingerprint density at radius 1 is 1.33 bits per heavy atom. The highest BCUT2D eigenvalue weighted by Gasteiger charge is 2.37. The summed E-state index contributed by atoms with van der Waals surface area (Å²) in [4.78, 5) is 23.7. The molecule has 4 unspecified atom stereocenters. The van der Waals surface area contributed by atoms with Gasteiger partial charge >= 0.3 is 5.97 Å². The molecule has 2 bridgehead atoms. The van der Waals surface area contributed by atoms with Crippen LogP contribution in [0.5, 0.6) is 0 Å². The maximum atomic E-state index is 13.8. The van der Waals surface area contributed by atoms with Crippen molar-refractivity contribution in [2.45, 2.75) is 31.7 Å². The number of fused-ring (bicyclic) bond motifs is 2. The minimum atomic E-state index is -1.14. The molecule has 0 aliphatic heterocycles. The van der Waals surface area contributed by atoms with E-state index >= 15 is 0 Å². The molecule has 2 aliphatic rings. The molecule has 4 nitrogen and oxygen atoms in total. The summed E-state index contributed by atoms with van der Waals surface area (Å²) in [5.41, 5.74) is 0.303. The van der Waals surface area contributed by atoms with Crippen LogP contribution < -0.4 is 5.32 Å². The van der Waals surface area contributed by atoms with E-state index < -0.39 is 17.8 Å². The molecule has 6 heteroatoms. The van der Waals surface area contributed by atoms with Crippen LogP contribution in [0.4, 0.5) is 4.39 Å². The standard InChI is InChI=1S/C18H19FINO3/c19-15-4-3-14(20)7-13(15)8-16(18(23)24)21-17(22)9-12-6-10-1-2-11(12)5-10/h1-4,7,10-12,16H,5-6,8-9H2,(H,21,22)(H,23,24). The summed E-state index contributed by atoms with van der Waals surface area (Å²) < 4.78 is 14.7. The predicted octanol–water partition coefficient (Wildman–Crippen LogP) is 3.14. The van der Waals surface area contributed by atoms with Gasteiger partial charge in [-0.2, -0.15) is 0 Å². The van der Waals surface area contributed by atoms with Crippen LogP contribution in [-0.2, 0) is 16.0 Å². The van der Waals surface area contributed by atoms with Crippen LogP contribution in [0.25, 0.3) is 0 Å². The molecule has 0 saturated heterocycles. The van der Waals surface area contributed by atoms with Crippen LogP contribution in [0.1, 0.15) is 24.8 Å². The fourth-order valence-corrected chi connectivity index (χ4v) is 4.30. The van der Waals surface area contributed by atoms with E-state index in [-0.39, 0.29) is 12.3 Å². The molecule has 1 aromatic carbocycles. The van der Waals surface area contributed by atoms with Gasteiger partial charge in [0.2, 0.25) is 5.91 Å². The highest BCUT2D eigenvalue weighted by atomic mass is 127. The zero-order valence-electron chi connectivity index (χ0n) is 13.0. The molecule has 1 saturated carbocycles. The third kappa shape index (κ3) is 3.96. The van der Waals surface area contributed by atoms with Gasteiger partial charge in [0.25, 0.3) is 0 Å². The van der Waals surface area contributed by atoms with E-state index in [1.165, 1.54) is 6.07 Å². The van der Waals surface area contributed by atoms with Crippen LogP contribution in [0.15, 0.2) is 30.4 Å². The molecule has 2 aliphatic carbocycles. The molecule has 3 rings (SSSR count). The molecular weight excluding hydrogens is 424 g/mol. The van der Waals surface area contributed by atoms with Crippen molar-refractivity contribution in [3.63, 3.8) is 0 Å². The van der Waals surface area contributed by atoms with Crippen LogP contribution in [0.2, 0.25) is 0 Å². The Morgan fingerprint density at radius 2 is 2.12 bits per heavy atom. The quantitative estimate of drug-likeness (QED) is 0.525. The number of amides is 1. The maximum absolute atomic E-state index is 13.8. The number of rotatable bonds is 6. The fourth-order valence-electron chi connectivity index (χ4n) is 3.74. The van der Waals surface area contributed by atoms with E-state index in [1.54, 1.807) is 12.1 Å². The van der Waals surface area contributed by atoms with E-state index in [0.29, 0.717) is 29.7 Å². The first kappa shape index (κ1) is 17.4. The van der Waals surface area contributed by atoms with Gasteiger partial charge in [0.05, 0.1) is 0 Å². The first-order valence-electron chi connectivity index (χ1n) is 8.07. The average Bonchev–Trinajstić information content (AvgIpc) is 3.12. The lowest BCUT2D eigenvalue weighted by atomic mass is 9.90. The first-order valence-corrected chi connectivity index (χ1v) is 9.14. The third-order valence-corrected chi connectivity index (χ3v) is 5.60. The Morgan fingerprint density at radius 3 is 2.75 bits per heavy atom. The SMILES string of the molecule is O=C(CC1CC2C=CC1C2)NC(Cc1cc(I)ccc1F)C(=O)O. The Hall–Kier alpha value is -1.44. The minimum Gasteiger partial charge on any atom is -0.480 e. The lowest BCUT2D eigenvalue weighted by Crippen LogP contribution is -2.43. The third-order valence-electron chi connectivity index (χ3n) is 4.93. The van der Waals surface area contributed by atoms with Gasteiger partial charge in [0.15, 0.2) is 0 Å². The number of halogens is 2. The number of carbonyl (C=O) groups excluding carboxylic acids is 1. The molecule has 2 N–H and O–H groups in total. The molecule has 1 amide bonds. The van der Waals surface area contributed by atoms with Crippen molar-refractivity contribution in [3.05, 3.63) is 45.3 Å². The lowest BCUT2D eigenvalue weighted by molar-refractivity contribution is -0.142. The molecule has 0 heterocycles. The number of aliphatic carboxylic acids is 1. The minimum absolute atomic E-state index is 0.0552. The smallest absolute Gasteiger partial charge is 0.326 e. The second-order valence-corrected chi connectivity index (χ2v) is 7.89. The monoisotopic (exact) mass is 443 g/mol. The zero-order valence-corrected chi connectivity index (χ0v) is 15.2. The largest absolute Gasteiger partial charge is 0.480 e. The number of carboxylic acid groups (broad SMARTS) is 1. The fraction of sp³-hybridized carbons (Fsp3) is 0.444. The zero-order chi connectivity index (χ0) is 17.3. The number of allylic oxidation sites excluding steroid dienone is 2. The van der Waals surface area contributed by atoms with Gasteiger partial charge in [-0.05, 0) is 76.9 Å². The molecule has 0 aromatic heterocycles. The van der Waals surface area contributed by atoms with Crippen LogP contribution in [0.3, 0.4) is 0 Å². The van der Waals surface area contributed by atoms with E-state index in [1.807, 2.05) is 22.6 Å². The molecule has 1 aromatic rings. The number of carbonyl (C=O) groups is 2. The van der Waals surface area contributed by atoms with Crippen molar-refractivity contribution >= 4 is 34.5 Å². The van der Waals surface area contributed by atoms with E-state index in [2.05, 4.69) is 17.5 Å². The van der Waals surface area contributed by atoms with Gasteiger partial charge in [-0.15, -0.1) is 0 Å². The van der Waals surface area contributed by atoms with Gasteiger partial charge in [-0.25, -0.2) is 9.18 Å². The Balaban J connectivity index is 1.61. The first-order chi connectivity index (χ1) is 11.4. The molecule has 0 spiro atoms. The molecule has 1 fully saturated rings. The summed E-state index contributed by atoms with van der Waals surface area (Å²) in [5.74, 6) is -0.549. The Kier molecular flexibility index (Phi) is 5.22. The summed E-state index contributed by atoms with van der Waals surface area (Å²) in [7, 11) is 0. The predicted molar refractivity (Wildman–Crippen MR) is 95.8 cm³/mol. The number of nitrogens with one attached hydrogen (secondary N) is 1. The molecule has 0 radical (unpaired) electrons. The van der Waals surface area contributed by atoms with Gasteiger partial charge in [-0.1, -0.05) is 12.2 Å². The molecule has 128 valence electrons. The van der Waals surface area contributed by atoms with Crippen molar-refractivity contribution in [2.24, 2.45) is 17.8 Å². The summed E-state index contributed by atoms with van der Waals surface area (Å²) in [6.45, 7) is 0. The maximum Gasteiger partial charge on any atom is 0.326 e. The normalized spacial score (nSPS) is 25.7. The van der Waals surface area contributed by atoms with E-state index in [0.717, 1.165) is 16.4 Å². The van der Waals surface area contributed by atoms with Crippen molar-refractivity contribution in [2.75, 3.05) is 0 Å². The molecule has 4 atom stereocenters. The Bertz CT molecular complexity index is 691. The van der Waals surface area contributed by atoms with Gasteiger partial charge in [0.1, 0.15) is 11.9 Å². The second-order valence-electron chi connectivity index (χ2n) is 6.64. The van der Waals surface area contributed by atoms with E-state index in [9.17, 15) is 19.1 Å². The summed E-state index contributed by atoms with van der Waals surface area (Å²) in [5, 5.41) is 11.9. The number of hydrogen-bond acceptors (Lipinski definition) is 2. The second kappa shape index (κ2) is 7.21. The van der Waals surface area contributed by atoms with Gasteiger partial charge in [-0.3, -0.25) is 4.79 Å². The van der Waals surface area contributed by atoms with Crippen molar-refractivity contribution in [3.8, 4) is 0 Å². The number of hydrogen-bond donors (Lipinski definition) is 2. The Labute approximate surface area is 153 Å². The molecular formula is C18H19FINO3. The van der Waals surface area contributed by atoms with E-state index in [4.69, 9.17) is 0 Å². The average molecular weight is 443 g/mol. The van der Waals surface area contributed by atoms with Crippen LogP contribution in [-0.4, -0.2) is 23.0 Å². The molecule has 24 heavy (non-hydrogen) atoms. The highest BCUT2D eigenvalue weighted by Crippen LogP contribution is 2.44. The lowest BCUT2D eigenvalue weighted by Gasteiger charge is -2.20. The highest BCUT2D eigenvalue weighted by molar-refractivity contribution is 14.1. The number of carboxylic acids is 1. The van der Waals surface area contributed by atoms with Crippen molar-refractivity contribution < 1.29 is 19.1 Å². The summed E-state index contributed by atoms with van der Waals surface area (Å²) in [6.07, 6.45) is 6.76. The van der Waals surface area contributed by atoms with Crippen LogP contribution >= 0.6 is 22.6 Å². The number of benzene rings is 1.